The van der Waals surface area contributed by atoms with Crippen LogP contribution in [0.1, 0.15) is 63.9 Å². The lowest BCUT2D eigenvalue weighted by atomic mass is 9.79. The summed E-state index contributed by atoms with van der Waals surface area (Å²) < 4.78 is 52.0. The van der Waals surface area contributed by atoms with Crippen LogP contribution in [0, 0.1) is 11.7 Å². The number of primary amides is 1. The Labute approximate surface area is 229 Å². The summed E-state index contributed by atoms with van der Waals surface area (Å²) in [7, 11) is 0. The Bertz CT molecular complexity index is 1100. The van der Waals surface area contributed by atoms with Crippen molar-refractivity contribution in [2.24, 2.45) is 11.7 Å². The van der Waals surface area contributed by atoms with E-state index in [1.807, 2.05) is 13.8 Å². The zero-order valence-electron chi connectivity index (χ0n) is 22.9. The first kappa shape index (κ1) is 29.2. The lowest BCUT2D eigenvalue weighted by Gasteiger charge is -2.36. The van der Waals surface area contributed by atoms with Crippen LogP contribution in [0.25, 0.3) is 0 Å². The van der Waals surface area contributed by atoms with Crippen LogP contribution >= 0.6 is 0 Å². The fourth-order valence-electron chi connectivity index (χ4n) is 5.92. The van der Waals surface area contributed by atoms with Crippen LogP contribution in [-0.4, -0.2) is 71.8 Å². The minimum Gasteiger partial charge on any atom is -0.490 e. The number of likely N-dealkylation sites (tertiary alicyclic amines) is 2. The molecular weight excluding hydrogens is 507 g/mol. The molecule has 2 amide bonds. The number of amides is 2. The van der Waals surface area contributed by atoms with E-state index in [1.165, 1.54) is 35.3 Å². The predicted molar refractivity (Wildman–Crippen MR) is 144 cm³/mol. The monoisotopic (exact) mass is 547 g/mol. The second kappa shape index (κ2) is 12.1. The third-order valence-electron chi connectivity index (χ3n) is 8.65. The molecule has 214 valence electrons. The molecule has 1 aromatic rings. The summed E-state index contributed by atoms with van der Waals surface area (Å²) in [6.07, 6.45) is 9.41. The van der Waals surface area contributed by atoms with Crippen molar-refractivity contribution >= 4 is 11.8 Å². The van der Waals surface area contributed by atoms with Gasteiger partial charge in [0, 0.05) is 19.0 Å². The Kier molecular flexibility index (Phi) is 9.09. The number of rotatable bonds is 10. The quantitative estimate of drug-likeness (QED) is 0.455. The van der Waals surface area contributed by atoms with Crippen molar-refractivity contribution in [3.8, 4) is 5.75 Å². The third kappa shape index (κ3) is 6.34. The summed E-state index contributed by atoms with van der Waals surface area (Å²) in [5.41, 5.74) is 2.10. The van der Waals surface area contributed by atoms with E-state index in [4.69, 9.17) is 10.5 Å². The molecule has 39 heavy (non-hydrogen) atoms. The third-order valence-corrected chi connectivity index (χ3v) is 8.65. The van der Waals surface area contributed by atoms with Gasteiger partial charge in [-0.2, -0.15) is 0 Å². The molecular formula is C30H40F3N3O3. The van der Waals surface area contributed by atoms with Gasteiger partial charge in [0.1, 0.15) is 11.7 Å². The summed E-state index contributed by atoms with van der Waals surface area (Å²) >= 11 is 0. The van der Waals surface area contributed by atoms with Crippen molar-refractivity contribution in [1.29, 1.82) is 0 Å². The molecule has 3 atom stereocenters. The van der Waals surface area contributed by atoms with Gasteiger partial charge >= 0.3 is 0 Å². The lowest BCUT2D eigenvalue weighted by molar-refractivity contribution is -0.145. The van der Waals surface area contributed by atoms with Crippen molar-refractivity contribution in [3.05, 3.63) is 53.9 Å². The highest BCUT2D eigenvalue weighted by atomic mass is 19.1. The van der Waals surface area contributed by atoms with Crippen LogP contribution < -0.4 is 10.5 Å². The van der Waals surface area contributed by atoms with Crippen molar-refractivity contribution < 1.29 is 27.5 Å². The van der Waals surface area contributed by atoms with E-state index in [9.17, 15) is 14.0 Å². The number of halogens is 3. The number of nitrogens with two attached hydrogens (primary N) is 1. The van der Waals surface area contributed by atoms with Gasteiger partial charge in [0.15, 0.2) is 11.6 Å². The van der Waals surface area contributed by atoms with E-state index < -0.39 is 40.9 Å². The molecule has 0 bridgehead atoms. The number of nitrogens with zero attached hydrogens (tertiary/aromatic N) is 2. The maximum absolute atomic E-state index is 16.3. The maximum Gasteiger partial charge on any atom is 0.265 e. The minimum absolute atomic E-state index is 0.0698. The number of alkyl halides is 2. The van der Waals surface area contributed by atoms with Crippen LogP contribution in [0.2, 0.25) is 0 Å². The van der Waals surface area contributed by atoms with Gasteiger partial charge in [-0.15, -0.1) is 0 Å². The highest BCUT2D eigenvalue weighted by molar-refractivity contribution is 5.94. The Hall–Kier alpha value is -2.81. The molecule has 2 saturated heterocycles. The standard InChI is InChI=1S/C30H40F3N3O3/c1-3-29(32,4-2)20-35-16-12-21(13-17-35)19-39-26-11-10-22(18-24(26)31)23-8-5-6-14-30(23,33)28(38)36-15-7-9-25(36)27(34)37/h5-6,8,10-11,14,18,21,23,25H,3-4,7,9,12-13,15-17,19-20H2,1-2H3,(H2,34,37)/t23?,25-,30?/m0/s1. The SMILES string of the molecule is CCC(F)(CC)CN1CCC(COc2ccc(C3C=CC=CC3(F)C(=O)N3CCC[C@H]3C(N)=O)cc2F)CC1. The second-order valence-electron chi connectivity index (χ2n) is 11.1. The molecule has 2 unspecified atom stereocenters. The topological polar surface area (TPSA) is 75.9 Å². The van der Waals surface area contributed by atoms with Crippen LogP contribution in [0.3, 0.4) is 0 Å². The van der Waals surface area contributed by atoms with Gasteiger partial charge in [0.2, 0.25) is 11.6 Å². The highest BCUT2D eigenvalue weighted by Gasteiger charge is 2.50. The smallest absolute Gasteiger partial charge is 0.265 e. The fraction of sp³-hybridized carbons (Fsp3) is 0.600. The first-order valence-electron chi connectivity index (χ1n) is 14.1. The zero-order valence-corrected chi connectivity index (χ0v) is 22.9. The summed E-state index contributed by atoms with van der Waals surface area (Å²) in [5.74, 6) is -2.90. The summed E-state index contributed by atoms with van der Waals surface area (Å²) in [6.45, 7) is 6.34. The van der Waals surface area contributed by atoms with Crippen LogP contribution in [0.15, 0.2) is 42.5 Å². The molecule has 4 rings (SSSR count). The molecule has 2 N–H and O–H groups in total. The summed E-state index contributed by atoms with van der Waals surface area (Å²) in [6, 6.07) is 3.41. The second-order valence-corrected chi connectivity index (χ2v) is 11.1. The Balaban J connectivity index is 1.38. The number of allylic oxidation sites excluding steroid dienone is 3. The molecule has 2 aliphatic heterocycles. The summed E-state index contributed by atoms with van der Waals surface area (Å²) in [4.78, 5) is 28.5. The average molecular weight is 548 g/mol. The molecule has 2 fully saturated rings. The van der Waals surface area contributed by atoms with E-state index >= 15 is 8.78 Å². The lowest BCUT2D eigenvalue weighted by Crippen LogP contribution is -2.53. The van der Waals surface area contributed by atoms with Gasteiger partial charge < -0.3 is 20.3 Å². The van der Waals surface area contributed by atoms with Crippen LogP contribution in [-0.2, 0) is 9.59 Å². The van der Waals surface area contributed by atoms with Crippen molar-refractivity contribution in [3.63, 3.8) is 0 Å². The Morgan fingerprint density at radius 2 is 1.85 bits per heavy atom. The number of hydrogen-bond donors (Lipinski definition) is 1. The molecule has 1 aliphatic carbocycles. The molecule has 3 aliphatic rings. The van der Waals surface area contributed by atoms with Crippen LogP contribution in [0.4, 0.5) is 13.2 Å². The van der Waals surface area contributed by atoms with Crippen molar-refractivity contribution in [1.82, 2.24) is 9.80 Å². The Morgan fingerprint density at radius 1 is 1.13 bits per heavy atom. The van der Waals surface area contributed by atoms with Gasteiger partial charge in [-0.3, -0.25) is 9.59 Å². The average Bonchev–Trinajstić information content (AvgIpc) is 3.43. The van der Waals surface area contributed by atoms with Gasteiger partial charge in [-0.1, -0.05) is 38.1 Å². The van der Waals surface area contributed by atoms with Gasteiger partial charge in [0.25, 0.3) is 5.91 Å². The van der Waals surface area contributed by atoms with E-state index in [-0.39, 0.29) is 18.2 Å². The first-order valence-corrected chi connectivity index (χ1v) is 14.1. The van der Waals surface area contributed by atoms with Crippen molar-refractivity contribution in [2.45, 2.75) is 75.7 Å². The maximum atomic E-state index is 16.3. The number of piperidine rings is 1. The number of benzene rings is 1. The van der Waals surface area contributed by atoms with Gasteiger partial charge in [-0.05, 0) is 81.3 Å². The zero-order chi connectivity index (χ0) is 28.2. The number of ether oxygens (including phenoxy) is 1. The number of hydrogen-bond acceptors (Lipinski definition) is 4. The van der Waals surface area contributed by atoms with E-state index in [0.29, 0.717) is 44.4 Å². The predicted octanol–water partition coefficient (Wildman–Crippen LogP) is 4.84. The molecule has 9 heteroatoms. The van der Waals surface area contributed by atoms with E-state index in [1.54, 1.807) is 12.1 Å². The highest BCUT2D eigenvalue weighted by Crippen LogP contribution is 2.41. The summed E-state index contributed by atoms with van der Waals surface area (Å²) in [5, 5.41) is 0. The Morgan fingerprint density at radius 3 is 2.49 bits per heavy atom. The largest absolute Gasteiger partial charge is 0.490 e. The molecule has 0 saturated carbocycles. The molecule has 0 spiro atoms. The number of carbonyl (C=O) groups is 2. The molecule has 0 radical (unpaired) electrons. The minimum atomic E-state index is -2.47. The van der Waals surface area contributed by atoms with Gasteiger partial charge in [-0.25, -0.2) is 13.2 Å². The normalized spacial score (nSPS) is 26.2. The molecule has 2 heterocycles. The van der Waals surface area contributed by atoms with Gasteiger partial charge in [0.05, 0.1) is 6.61 Å². The molecule has 0 aromatic heterocycles. The first-order chi connectivity index (χ1) is 18.6. The van der Waals surface area contributed by atoms with Crippen molar-refractivity contribution in [2.75, 3.05) is 32.8 Å². The molecule has 1 aromatic carbocycles. The fourth-order valence-corrected chi connectivity index (χ4v) is 5.92. The number of carbonyl (C=O) groups excluding carboxylic acids is 2. The van der Waals surface area contributed by atoms with Crippen LogP contribution in [0.5, 0.6) is 5.75 Å². The van der Waals surface area contributed by atoms with E-state index in [2.05, 4.69) is 4.90 Å². The van der Waals surface area contributed by atoms with E-state index in [0.717, 1.165) is 25.9 Å². The molecule has 6 nitrogen and oxygen atoms in total.